The van der Waals surface area contributed by atoms with Gasteiger partial charge in [-0.15, -0.1) is 0 Å². The van der Waals surface area contributed by atoms with E-state index in [1.165, 1.54) is 25.7 Å². The van der Waals surface area contributed by atoms with Crippen LogP contribution in [0.15, 0.2) is 0 Å². The summed E-state index contributed by atoms with van der Waals surface area (Å²) in [6.07, 6.45) is 5.16. The molecule has 0 amide bonds. The quantitative estimate of drug-likeness (QED) is 0.654. The molecule has 5 nitrogen and oxygen atoms in total. The molecule has 0 aromatic carbocycles. The first-order valence-electron chi connectivity index (χ1n) is 7.40. The van der Waals surface area contributed by atoms with Crippen molar-refractivity contribution in [2.24, 2.45) is 11.8 Å². The number of rotatable bonds is 4. The topological polar surface area (TPSA) is 73.1 Å². The zero-order valence-electron chi connectivity index (χ0n) is 13.0. The molecule has 1 fully saturated rings. The van der Waals surface area contributed by atoms with E-state index < -0.39 is 0 Å². The van der Waals surface area contributed by atoms with E-state index in [0.29, 0.717) is 17.6 Å². The van der Waals surface area contributed by atoms with Crippen LogP contribution in [0.1, 0.15) is 57.8 Å². The number of nitrogen functional groups attached to an aromatic ring is 1. The van der Waals surface area contributed by atoms with Crippen molar-refractivity contribution in [2.45, 2.75) is 58.8 Å². The van der Waals surface area contributed by atoms with Gasteiger partial charge in [0.25, 0.3) is 0 Å². The average Bonchev–Trinajstić information content (AvgIpc) is 2.89. The average molecular weight is 278 g/mol. The van der Waals surface area contributed by atoms with E-state index >= 15 is 0 Å². The van der Waals surface area contributed by atoms with Gasteiger partial charge in [-0.25, -0.2) is 10.8 Å². The minimum atomic E-state index is -0.134. The number of anilines is 1. The molecule has 0 spiro atoms. The minimum Gasteiger partial charge on any atom is -0.477 e. The third-order valence-corrected chi connectivity index (χ3v) is 3.84. The van der Waals surface area contributed by atoms with Crippen molar-refractivity contribution in [1.29, 1.82) is 0 Å². The van der Waals surface area contributed by atoms with E-state index in [4.69, 9.17) is 10.6 Å². The Kier molecular flexibility index (Phi) is 4.48. The fraction of sp³-hybridized carbons (Fsp3) is 0.733. The number of nitrogens with two attached hydrogens (primary N) is 1. The number of aromatic nitrogens is 2. The number of nitrogens with zero attached hydrogens (tertiary/aromatic N) is 2. The molecule has 112 valence electrons. The number of hydrogen-bond acceptors (Lipinski definition) is 5. The molecule has 0 saturated heterocycles. The lowest BCUT2D eigenvalue weighted by atomic mass is 9.95. The Balaban J connectivity index is 2.21. The molecule has 0 atom stereocenters. The van der Waals surface area contributed by atoms with Crippen molar-refractivity contribution in [3.05, 3.63) is 11.4 Å². The highest BCUT2D eigenvalue weighted by molar-refractivity contribution is 5.48. The molecule has 5 heteroatoms. The lowest BCUT2D eigenvalue weighted by Crippen LogP contribution is -2.21. The first kappa shape index (κ1) is 15.0. The van der Waals surface area contributed by atoms with Crippen LogP contribution in [-0.4, -0.2) is 16.6 Å². The molecule has 1 aliphatic carbocycles. The molecule has 1 heterocycles. The smallest absolute Gasteiger partial charge is 0.221 e. The molecule has 20 heavy (non-hydrogen) atoms. The summed E-state index contributed by atoms with van der Waals surface area (Å²) in [5.41, 5.74) is 3.38. The summed E-state index contributed by atoms with van der Waals surface area (Å²) in [5.74, 6) is 8.27. The molecule has 1 aromatic heterocycles. The van der Waals surface area contributed by atoms with Gasteiger partial charge in [-0.05, 0) is 25.7 Å². The van der Waals surface area contributed by atoms with Crippen molar-refractivity contribution in [1.82, 2.24) is 9.97 Å². The van der Waals surface area contributed by atoms with Gasteiger partial charge in [0.2, 0.25) is 5.88 Å². The first-order chi connectivity index (χ1) is 9.41. The molecule has 1 aromatic rings. The zero-order valence-corrected chi connectivity index (χ0v) is 13.0. The fourth-order valence-electron chi connectivity index (χ4n) is 2.49. The number of hydrazine groups is 1. The summed E-state index contributed by atoms with van der Waals surface area (Å²) in [4.78, 5) is 9.06. The van der Waals surface area contributed by atoms with E-state index in [2.05, 4.69) is 36.2 Å². The maximum atomic E-state index is 5.95. The first-order valence-corrected chi connectivity index (χ1v) is 7.40. The third-order valence-electron chi connectivity index (χ3n) is 3.84. The van der Waals surface area contributed by atoms with Gasteiger partial charge in [0, 0.05) is 5.41 Å². The van der Waals surface area contributed by atoms with E-state index in [9.17, 15) is 0 Å². The Morgan fingerprint density at radius 1 is 1.25 bits per heavy atom. The highest BCUT2D eigenvalue weighted by Gasteiger charge is 2.22. The van der Waals surface area contributed by atoms with Gasteiger partial charge in [0.05, 0.1) is 12.2 Å². The maximum Gasteiger partial charge on any atom is 0.221 e. The largest absolute Gasteiger partial charge is 0.477 e. The highest BCUT2D eigenvalue weighted by Crippen LogP contribution is 2.29. The predicted octanol–water partition coefficient (Wildman–Crippen LogP) is 2.94. The number of hydrogen-bond donors (Lipinski definition) is 2. The fourth-order valence-corrected chi connectivity index (χ4v) is 2.49. The Labute approximate surface area is 121 Å². The van der Waals surface area contributed by atoms with Gasteiger partial charge in [0.1, 0.15) is 5.82 Å². The van der Waals surface area contributed by atoms with Gasteiger partial charge >= 0.3 is 0 Å². The van der Waals surface area contributed by atoms with Crippen molar-refractivity contribution >= 4 is 5.82 Å². The summed E-state index contributed by atoms with van der Waals surface area (Å²) in [5, 5.41) is 0. The number of ether oxygens (including phenoxy) is 1. The van der Waals surface area contributed by atoms with Gasteiger partial charge in [0.15, 0.2) is 5.82 Å². The Bertz CT molecular complexity index is 462. The molecule has 3 N–H and O–H groups in total. The molecule has 0 radical (unpaired) electrons. The van der Waals surface area contributed by atoms with Gasteiger partial charge in [-0.1, -0.05) is 33.6 Å². The second kappa shape index (κ2) is 5.95. The second-order valence-corrected chi connectivity index (χ2v) is 6.68. The Morgan fingerprint density at radius 3 is 2.45 bits per heavy atom. The van der Waals surface area contributed by atoms with Crippen LogP contribution >= 0.6 is 0 Å². The van der Waals surface area contributed by atoms with Crippen molar-refractivity contribution in [3.63, 3.8) is 0 Å². The molecular formula is C15H26N4O. The molecule has 2 rings (SSSR count). The van der Waals surface area contributed by atoms with E-state index in [1.54, 1.807) is 0 Å². The van der Waals surface area contributed by atoms with Crippen LogP contribution in [0.25, 0.3) is 0 Å². The van der Waals surface area contributed by atoms with Crippen LogP contribution in [0.3, 0.4) is 0 Å². The van der Waals surface area contributed by atoms with Crippen LogP contribution in [0, 0.1) is 12.8 Å². The Hall–Kier alpha value is -1.36. The summed E-state index contributed by atoms with van der Waals surface area (Å²) in [6, 6.07) is 0. The van der Waals surface area contributed by atoms with Crippen molar-refractivity contribution < 1.29 is 4.74 Å². The predicted molar refractivity (Wildman–Crippen MR) is 80.7 cm³/mol. The third kappa shape index (κ3) is 3.39. The molecular weight excluding hydrogens is 252 g/mol. The second-order valence-electron chi connectivity index (χ2n) is 6.68. The summed E-state index contributed by atoms with van der Waals surface area (Å²) in [6.45, 7) is 8.92. The number of nitrogens with one attached hydrogen (secondary N) is 1. The van der Waals surface area contributed by atoms with E-state index in [1.807, 2.05) is 6.92 Å². The molecule has 0 unspecified atom stereocenters. The van der Waals surface area contributed by atoms with Crippen LogP contribution in [-0.2, 0) is 5.41 Å². The summed E-state index contributed by atoms with van der Waals surface area (Å²) < 4.78 is 5.95. The maximum absolute atomic E-state index is 5.95. The molecule has 1 aliphatic rings. The standard InChI is InChI=1S/C15H26N4O/c1-10-12(19-16)17-14(15(2,3)4)18-13(10)20-9-11-7-5-6-8-11/h11H,5-9,16H2,1-4H3,(H,17,18,19). The van der Waals surface area contributed by atoms with E-state index in [0.717, 1.165) is 18.0 Å². The van der Waals surface area contributed by atoms with Crippen molar-refractivity contribution in [2.75, 3.05) is 12.0 Å². The van der Waals surface area contributed by atoms with Crippen LogP contribution in [0.5, 0.6) is 5.88 Å². The molecule has 1 saturated carbocycles. The van der Waals surface area contributed by atoms with Crippen molar-refractivity contribution in [3.8, 4) is 5.88 Å². The summed E-state index contributed by atoms with van der Waals surface area (Å²) >= 11 is 0. The SMILES string of the molecule is Cc1c(NN)nc(C(C)(C)C)nc1OCC1CCCC1. The van der Waals surface area contributed by atoms with Crippen LogP contribution in [0.4, 0.5) is 5.82 Å². The normalized spacial score (nSPS) is 16.4. The molecule has 0 bridgehead atoms. The monoisotopic (exact) mass is 278 g/mol. The van der Waals surface area contributed by atoms with Crippen LogP contribution in [0.2, 0.25) is 0 Å². The van der Waals surface area contributed by atoms with Gasteiger partial charge in [-0.2, -0.15) is 4.98 Å². The van der Waals surface area contributed by atoms with Gasteiger partial charge < -0.3 is 10.2 Å². The zero-order chi connectivity index (χ0) is 14.8. The van der Waals surface area contributed by atoms with Gasteiger partial charge in [-0.3, -0.25) is 0 Å². The lowest BCUT2D eigenvalue weighted by Gasteiger charge is -2.21. The summed E-state index contributed by atoms with van der Waals surface area (Å²) in [7, 11) is 0. The van der Waals surface area contributed by atoms with E-state index in [-0.39, 0.29) is 5.41 Å². The minimum absolute atomic E-state index is 0.134. The highest BCUT2D eigenvalue weighted by atomic mass is 16.5. The Morgan fingerprint density at radius 2 is 1.90 bits per heavy atom. The van der Waals surface area contributed by atoms with Crippen LogP contribution < -0.4 is 16.0 Å². The molecule has 0 aliphatic heterocycles. The lowest BCUT2D eigenvalue weighted by molar-refractivity contribution is 0.240.